The minimum Gasteiger partial charge on any atom is -0.453 e. The Kier molecular flexibility index (Phi) is 4.23. The van der Waals surface area contributed by atoms with Crippen LogP contribution in [0.15, 0.2) is 67.0 Å². The fourth-order valence-electron chi connectivity index (χ4n) is 3.09. The van der Waals surface area contributed by atoms with E-state index in [0.29, 0.717) is 12.1 Å². The Morgan fingerprint density at radius 2 is 1.92 bits per heavy atom. The Labute approximate surface area is 150 Å². The number of carbonyl (C=O) groups is 2. The van der Waals surface area contributed by atoms with Gasteiger partial charge in [0.05, 0.1) is 18.5 Å². The van der Waals surface area contributed by atoms with Gasteiger partial charge in [-0.1, -0.05) is 36.4 Å². The number of ether oxygens (including phenoxy) is 1. The van der Waals surface area contributed by atoms with E-state index < -0.39 is 6.10 Å². The van der Waals surface area contributed by atoms with E-state index in [4.69, 9.17) is 4.74 Å². The fraction of sp³-hybridized carbons (Fsp3) is 0.150. The van der Waals surface area contributed by atoms with Crippen LogP contribution >= 0.6 is 0 Å². The Bertz CT molecular complexity index is 950. The van der Waals surface area contributed by atoms with E-state index in [1.54, 1.807) is 23.0 Å². The highest BCUT2D eigenvalue weighted by Crippen LogP contribution is 2.33. The monoisotopic (exact) mass is 347 g/mol. The van der Waals surface area contributed by atoms with Crippen molar-refractivity contribution in [2.24, 2.45) is 0 Å². The van der Waals surface area contributed by atoms with Crippen LogP contribution in [0.4, 0.5) is 5.69 Å². The second-order valence-corrected chi connectivity index (χ2v) is 6.09. The zero-order valence-electron chi connectivity index (χ0n) is 14.0. The third-order valence-electron chi connectivity index (χ3n) is 4.33. The van der Waals surface area contributed by atoms with Crippen LogP contribution in [0, 0.1) is 0 Å². The molecule has 0 aliphatic carbocycles. The average molecular weight is 347 g/mol. The maximum absolute atomic E-state index is 12.5. The number of hydrogen-bond acceptors (Lipinski definition) is 4. The van der Waals surface area contributed by atoms with E-state index in [-0.39, 0.29) is 18.3 Å². The Balaban J connectivity index is 1.47. The van der Waals surface area contributed by atoms with Crippen LogP contribution in [0.5, 0.6) is 0 Å². The second-order valence-electron chi connectivity index (χ2n) is 6.09. The van der Waals surface area contributed by atoms with Crippen LogP contribution in [0.1, 0.15) is 34.0 Å². The molecule has 1 aromatic heterocycles. The summed E-state index contributed by atoms with van der Waals surface area (Å²) in [6.45, 7) is 0.560. The van der Waals surface area contributed by atoms with Crippen molar-refractivity contribution in [1.82, 2.24) is 9.78 Å². The molecule has 0 saturated heterocycles. The lowest BCUT2D eigenvalue weighted by atomic mass is 10.0. The number of hydrogen-bond donors (Lipinski definition) is 1. The van der Waals surface area contributed by atoms with Crippen LogP contribution in [0.3, 0.4) is 0 Å². The highest BCUT2D eigenvalue weighted by Gasteiger charge is 2.32. The molecule has 130 valence electrons. The minimum atomic E-state index is -0.544. The normalized spacial score (nSPS) is 15.4. The van der Waals surface area contributed by atoms with Crippen LogP contribution in [-0.4, -0.2) is 21.7 Å². The zero-order chi connectivity index (χ0) is 17.9. The van der Waals surface area contributed by atoms with Crippen molar-refractivity contribution < 1.29 is 14.3 Å². The molecule has 4 rings (SSSR count). The molecule has 1 amide bonds. The first-order chi connectivity index (χ1) is 12.7. The van der Waals surface area contributed by atoms with E-state index in [0.717, 1.165) is 16.8 Å². The lowest BCUT2D eigenvalue weighted by molar-refractivity contribution is -0.118. The summed E-state index contributed by atoms with van der Waals surface area (Å²) >= 11 is 0. The van der Waals surface area contributed by atoms with E-state index in [1.165, 1.54) is 0 Å². The maximum atomic E-state index is 12.5. The molecule has 0 fully saturated rings. The fourth-order valence-corrected chi connectivity index (χ4v) is 3.09. The van der Waals surface area contributed by atoms with Gasteiger partial charge in [0, 0.05) is 23.6 Å². The summed E-state index contributed by atoms with van der Waals surface area (Å²) in [5, 5.41) is 7.12. The number of esters is 1. The van der Waals surface area contributed by atoms with Crippen molar-refractivity contribution in [3.8, 4) is 0 Å². The second kappa shape index (κ2) is 6.84. The number of anilines is 1. The molecule has 3 aromatic rings. The quantitative estimate of drug-likeness (QED) is 0.720. The molecule has 1 unspecified atom stereocenters. The molecule has 2 heterocycles. The molecule has 1 atom stereocenters. The van der Waals surface area contributed by atoms with Crippen LogP contribution in [0.25, 0.3) is 0 Å². The lowest BCUT2D eigenvalue weighted by Crippen LogP contribution is -2.17. The molecule has 0 saturated carbocycles. The number of nitrogens with zero attached hydrogens (tertiary/aromatic N) is 2. The molecule has 1 N–H and O–H groups in total. The van der Waals surface area contributed by atoms with Gasteiger partial charge in [-0.2, -0.15) is 5.10 Å². The Morgan fingerprint density at radius 3 is 2.77 bits per heavy atom. The van der Waals surface area contributed by atoms with Gasteiger partial charge < -0.3 is 10.1 Å². The van der Waals surface area contributed by atoms with Crippen molar-refractivity contribution in [2.45, 2.75) is 19.1 Å². The Hall–Kier alpha value is -3.41. The van der Waals surface area contributed by atoms with E-state index in [2.05, 4.69) is 10.4 Å². The lowest BCUT2D eigenvalue weighted by Gasteiger charge is -2.14. The number of fused-ring (bicyclic) bond motifs is 1. The van der Waals surface area contributed by atoms with Gasteiger partial charge in [0.25, 0.3) is 0 Å². The SMILES string of the molecule is O=C(CC1OC(=O)c2ccccc21)Nc1ccccc1Cn1cccn1. The van der Waals surface area contributed by atoms with Gasteiger partial charge in [-0.05, 0) is 23.8 Å². The number of para-hydroxylation sites is 1. The number of carbonyl (C=O) groups excluding carboxylic acids is 2. The standard InChI is InChI=1S/C20H17N3O3/c24-19(12-18-15-7-2-3-8-16(15)20(25)26-18)22-17-9-4-1-6-14(17)13-23-11-5-10-21-23/h1-11,18H,12-13H2,(H,22,24). The van der Waals surface area contributed by atoms with Gasteiger partial charge in [-0.3, -0.25) is 9.48 Å². The summed E-state index contributed by atoms with van der Waals surface area (Å²) in [6.07, 6.45) is 3.12. The van der Waals surface area contributed by atoms with Crippen molar-refractivity contribution in [3.63, 3.8) is 0 Å². The summed E-state index contributed by atoms with van der Waals surface area (Å²) in [5.41, 5.74) is 2.97. The zero-order valence-corrected chi connectivity index (χ0v) is 14.0. The van der Waals surface area contributed by atoms with E-state index >= 15 is 0 Å². The number of cyclic esters (lactones) is 1. The predicted octanol–water partition coefficient (Wildman–Crippen LogP) is 3.17. The molecular formula is C20H17N3O3. The molecular weight excluding hydrogens is 330 g/mol. The highest BCUT2D eigenvalue weighted by molar-refractivity contribution is 5.96. The predicted molar refractivity (Wildman–Crippen MR) is 95.6 cm³/mol. The number of amides is 1. The first-order valence-corrected chi connectivity index (χ1v) is 8.36. The molecule has 1 aliphatic rings. The molecule has 2 aromatic carbocycles. The molecule has 0 radical (unpaired) electrons. The van der Waals surface area contributed by atoms with E-state index in [1.807, 2.05) is 48.7 Å². The number of rotatable bonds is 5. The van der Waals surface area contributed by atoms with Gasteiger partial charge in [-0.25, -0.2) is 4.79 Å². The summed E-state index contributed by atoms with van der Waals surface area (Å²) in [5.74, 6) is -0.579. The average Bonchev–Trinajstić information content (AvgIpc) is 3.26. The number of benzene rings is 2. The molecule has 0 spiro atoms. The summed E-state index contributed by atoms with van der Waals surface area (Å²) in [6, 6.07) is 16.6. The topological polar surface area (TPSA) is 73.2 Å². The van der Waals surface area contributed by atoms with Gasteiger partial charge in [0.2, 0.25) is 5.91 Å². The molecule has 6 heteroatoms. The van der Waals surface area contributed by atoms with Crippen molar-refractivity contribution in [1.29, 1.82) is 0 Å². The van der Waals surface area contributed by atoms with Gasteiger partial charge in [0.15, 0.2) is 0 Å². The van der Waals surface area contributed by atoms with Gasteiger partial charge in [0.1, 0.15) is 6.10 Å². The number of nitrogens with one attached hydrogen (secondary N) is 1. The summed E-state index contributed by atoms with van der Waals surface area (Å²) in [7, 11) is 0. The first kappa shape index (κ1) is 16.1. The maximum Gasteiger partial charge on any atom is 0.339 e. The van der Waals surface area contributed by atoms with Gasteiger partial charge in [-0.15, -0.1) is 0 Å². The highest BCUT2D eigenvalue weighted by atomic mass is 16.5. The van der Waals surface area contributed by atoms with Crippen LogP contribution < -0.4 is 5.32 Å². The molecule has 26 heavy (non-hydrogen) atoms. The largest absolute Gasteiger partial charge is 0.453 e. The van der Waals surface area contributed by atoms with Crippen LogP contribution in [0.2, 0.25) is 0 Å². The Morgan fingerprint density at radius 1 is 1.12 bits per heavy atom. The third kappa shape index (κ3) is 3.21. The van der Waals surface area contributed by atoms with Crippen molar-refractivity contribution in [3.05, 3.63) is 83.7 Å². The van der Waals surface area contributed by atoms with Crippen LogP contribution in [-0.2, 0) is 16.1 Å². The van der Waals surface area contributed by atoms with Gasteiger partial charge >= 0.3 is 5.97 Å². The smallest absolute Gasteiger partial charge is 0.339 e. The summed E-state index contributed by atoms with van der Waals surface area (Å²) in [4.78, 5) is 24.4. The summed E-state index contributed by atoms with van der Waals surface area (Å²) < 4.78 is 7.13. The molecule has 6 nitrogen and oxygen atoms in total. The minimum absolute atomic E-state index is 0.0822. The third-order valence-corrected chi connectivity index (χ3v) is 4.33. The van der Waals surface area contributed by atoms with Crippen molar-refractivity contribution in [2.75, 3.05) is 5.32 Å². The molecule has 1 aliphatic heterocycles. The van der Waals surface area contributed by atoms with Crippen molar-refractivity contribution >= 4 is 17.6 Å². The first-order valence-electron chi connectivity index (χ1n) is 8.36. The van der Waals surface area contributed by atoms with E-state index in [9.17, 15) is 9.59 Å². The molecule has 0 bridgehead atoms. The number of aromatic nitrogens is 2.